The minimum absolute atomic E-state index is 0.0906. The lowest BCUT2D eigenvalue weighted by atomic mass is 9.35. The summed E-state index contributed by atoms with van der Waals surface area (Å²) < 4.78 is 0. The van der Waals surface area contributed by atoms with Crippen molar-refractivity contribution in [2.45, 2.75) is 40.0 Å². The third-order valence-corrected chi connectivity index (χ3v) is 12.5. The molecule has 0 amide bonds. The third-order valence-electron chi connectivity index (χ3n) is 12.5. The van der Waals surface area contributed by atoms with E-state index in [2.05, 4.69) is 203 Å². The summed E-state index contributed by atoms with van der Waals surface area (Å²) in [5, 5.41) is 7.78. The zero-order valence-electron chi connectivity index (χ0n) is 31.6. The normalized spacial score (nSPS) is 13.1. The van der Waals surface area contributed by atoms with Crippen LogP contribution in [0.1, 0.15) is 41.7 Å². The first-order chi connectivity index (χ1) is 26.3. The fourth-order valence-electron chi connectivity index (χ4n) is 9.59. The second kappa shape index (κ2) is 12.2. The van der Waals surface area contributed by atoms with E-state index < -0.39 is 0 Å². The van der Waals surface area contributed by atoms with E-state index in [4.69, 9.17) is 0 Å². The highest BCUT2D eigenvalue weighted by molar-refractivity contribution is 6.97. The first kappa shape index (κ1) is 32.5. The molecule has 0 saturated carbocycles. The number of hydrogen-bond donors (Lipinski definition) is 0. The van der Waals surface area contributed by atoms with Crippen molar-refractivity contribution in [3.8, 4) is 11.1 Å². The van der Waals surface area contributed by atoms with Crippen LogP contribution in [0.15, 0.2) is 164 Å². The minimum atomic E-state index is -0.0906. The molecule has 0 unspecified atom stereocenters. The van der Waals surface area contributed by atoms with Crippen molar-refractivity contribution in [3.63, 3.8) is 0 Å². The number of para-hydroxylation sites is 1. The summed E-state index contributed by atoms with van der Waals surface area (Å²) in [6.45, 7) is 11.6. The highest BCUT2D eigenvalue weighted by atomic mass is 15.1. The molecule has 0 fully saturated rings. The first-order valence-electron chi connectivity index (χ1n) is 19.2. The fourth-order valence-corrected chi connectivity index (χ4v) is 9.59. The Morgan fingerprint density at radius 1 is 0.444 bits per heavy atom. The summed E-state index contributed by atoms with van der Waals surface area (Å²) in [5.74, 6) is 0. The number of nitrogens with zero attached hydrogens (tertiary/aromatic N) is 1. The minimum Gasteiger partial charge on any atom is -0.310 e. The van der Waals surface area contributed by atoms with E-state index in [1.807, 2.05) is 0 Å². The molecule has 1 aliphatic rings. The molecule has 0 N–H and O–H groups in total. The summed E-state index contributed by atoms with van der Waals surface area (Å²) in [7, 11) is 0. The van der Waals surface area contributed by atoms with E-state index in [0.29, 0.717) is 0 Å². The lowest BCUT2D eigenvalue weighted by molar-refractivity contribution is 0.660. The number of rotatable bonds is 6. The van der Waals surface area contributed by atoms with Crippen molar-refractivity contribution < 1.29 is 0 Å². The molecule has 1 nitrogen and oxygen atoms in total. The van der Waals surface area contributed by atoms with Crippen LogP contribution >= 0.6 is 0 Å². The van der Waals surface area contributed by atoms with Gasteiger partial charge in [0.05, 0.1) is 5.69 Å². The highest BCUT2D eigenvalue weighted by Crippen LogP contribution is 2.51. The summed E-state index contributed by atoms with van der Waals surface area (Å²) >= 11 is 0. The van der Waals surface area contributed by atoms with E-state index in [1.165, 1.54) is 99.0 Å². The van der Waals surface area contributed by atoms with E-state index >= 15 is 0 Å². The van der Waals surface area contributed by atoms with Gasteiger partial charge in [-0.25, -0.2) is 0 Å². The summed E-state index contributed by atoms with van der Waals surface area (Å²) in [5.41, 5.74) is 17.0. The van der Waals surface area contributed by atoms with Crippen LogP contribution < -0.4 is 21.3 Å². The van der Waals surface area contributed by atoms with Crippen LogP contribution in [0.25, 0.3) is 43.4 Å². The molecule has 0 bridgehead atoms. The predicted molar refractivity (Wildman–Crippen MR) is 234 cm³/mol. The van der Waals surface area contributed by atoms with Crippen molar-refractivity contribution in [2.24, 2.45) is 0 Å². The van der Waals surface area contributed by atoms with Crippen molar-refractivity contribution in [3.05, 3.63) is 192 Å². The van der Waals surface area contributed by atoms with Gasteiger partial charge in [0.2, 0.25) is 6.71 Å². The van der Waals surface area contributed by atoms with Gasteiger partial charge in [-0.3, -0.25) is 0 Å². The maximum atomic E-state index is 2.47. The van der Waals surface area contributed by atoms with Crippen molar-refractivity contribution >= 4 is 72.5 Å². The van der Waals surface area contributed by atoms with Gasteiger partial charge in [0, 0.05) is 22.2 Å². The molecule has 10 rings (SSSR count). The Balaban J connectivity index is 1.22. The summed E-state index contributed by atoms with van der Waals surface area (Å²) in [6.07, 6.45) is 0. The second-order valence-electron chi connectivity index (χ2n) is 15.8. The Morgan fingerprint density at radius 3 is 1.89 bits per heavy atom. The van der Waals surface area contributed by atoms with E-state index in [0.717, 1.165) is 5.69 Å². The molecular weight excluding hydrogens is 649 g/mol. The smallest absolute Gasteiger partial charge is 0.242 e. The topological polar surface area (TPSA) is 3.24 Å². The van der Waals surface area contributed by atoms with Crippen LogP contribution in [0.5, 0.6) is 0 Å². The zero-order valence-corrected chi connectivity index (χ0v) is 31.6. The summed E-state index contributed by atoms with van der Waals surface area (Å²) in [4.78, 5) is 2.47. The molecule has 0 spiro atoms. The molecule has 0 radical (unpaired) electrons. The van der Waals surface area contributed by atoms with Gasteiger partial charge in [-0.05, 0) is 106 Å². The van der Waals surface area contributed by atoms with Crippen LogP contribution in [0.2, 0.25) is 0 Å². The molecule has 54 heavy (non-hydrogen) atoms. The molecule has 2 heteroatoms. The first-order valence-corrected chi connectivity index (χ1v) is 19.2. The van der Waals surface area contributed by atoms with E-state index in [9.17, 15) is 0 Å². The van der Waals surface area contributed by atoms with Gasteiger partial charge in [-0.15, -0.1) is 0 Å². The number of anilines is 3. The fraction of sp³-hybridized carbons (Fsp3) is 0.115. The van der Waals surface area contributed by atoms with Gasteiger partial charge < -0.3 is 4.90 Å². The third kappa shape index (κ3) is 4.79. The van der Waals surface area contributed by atoms with Crippen LogP contribution in [-0.2, 0) is 5.41 Å². The molecule has 0 atom stereocenters. The Kier molecular flexibility index (Phi) is 7.36. The molecule has 9 aromatic rings. The lowest BCUT2D eigenvalue weighted by Gasteiger charge is -2.30. The molecule has 0 heterocycles. The standard InChI is InChI=1S/C52H42BN/c1-33-15-13-21-47(35(33)3)53(46-20-12-9-14-34(46)2)48-30-24-36-23-28-43-49(31-25-37-22-27-42(48)50(36)51(37)43)54(38-16-7-6-8-17-38)39-26-29-41-40-18-10-11-19-44(40)52(4,5)45(41)32-39/h6-32H,1-5H3. The predicted octanol–water partition coefficient (Wildman–Crippen LogP) is 11.8. The summed E-state index contributed by atoms with van der Waals surface area (Å²) in [6, 6.07) is 61.4. The molecule has 1 aliphatic carbocycles. The van der Waals surface area contributed by atoms with Crippen molar-refractivity contribution in [1.29, 1.82) is 0 Å². The van der Waals surface area contributed by atoms with Crippen LogP contribution in [-0.4, -0.2) is 6.71 Å². The molecule has 0 aliphatic heterocycles. The zero-order chi connectivity index (χ0) is 36.7. The molecule has 258 valence electrons. The Bertz CT molecular complexity index is 2900. The van der Waals surface area contributed by atoms with Gasteiger partial charge in [-0.2, -0.15) is 0 Å². The van der Waals surface area contributed by atoms with Crippen molar-refractivity contribution in [1.82, 2.24) is 0 Å². The lowest BCUT2D eigenvalue weighted by Crippen LogP contribution is -2.54. The maximum Gasteiger partial charge on any atom is 0.242 e. The number of benzene rings is 9. The molecule has 0 aromatic heterocycles. The van der Waals surface area contributed by atoms with Gasteiger partial charge in [0.1, 0.15) is 0 Å². The van der Waals surface area contributed by atoms with Crippen LogP contribution in [0.4, 0.5) is 17.1 Å². The van der Waals surface area contributed by atoms with Gasteiger partial charge in [0.15, 0.2) is 0 Å². The number of hydrogen-bond acceptors (Lipinski definition) is 1. The maximum absolute atomic E-state index is 2.47. The monoisotopic (exact) mass is 691 g/mol. The van der Waals surface area contributed by atoms with Crippen LogP contribution in [0, 0.1) is 20.8 Å². The average Bonchev–Trinajstić information content (AvgIpc) is 3.43. The highest BCUT2D eigenvalue weighted by Gasteiger charge is 2.36. The van der Waals surface area contributed by atoms with Gasteiger partial charge in [-0.1, -0.05) is 175 Å². The molecule has 9 aromatic carbocycles. The van der Waals surface area contributed by atoms with Crippen LogP contribution in [0.3, 0.4) is 0 Å². The molecular formula is C52H42BN. The quantitative estimate of drug-likeness (QED) is 0.124. The number of aryl methyl sites for hydroxylation is 2. The van der Waals surface area contributed by atoms with Gasteiger partial charge in [0.25, 0.3) is 0 Å². The SMILES string of the molecule is Cc1ccccc1B(c1cccc(C)c1C)c1ccc2ccc3c(N(c4ccccc4)c4ccc5c(c4)C(C)(C)c4ccccc4-5)ccc4ccc1c2c43. The second-order valence-corrected chi connectivity index (χ2v) is 15.8. The number of fused-ring (bicyclic) bond motifs is 3. The van der Waals surface area contributed by atoms with E-state index in [1.54, 1.807) is 0 Å². The molecule has 0 saturated heterocycles. The Morgan fingerprint density at radius 2 is 1.07 bits per heavy atom. The van der Waals surface area contributed by atoms with Gasteiger partial charge >= 0.3 is 0 Å². The Hall–Kier alpha value is -6.12. The average molecular weight is 692 g/mol. The largest absolute Gasteiger partial charge is 0.310 e. The van der Waals surface area contributed by atoms with Crippen molar-refractivity contribution in [2.75, 3.05) is 4.90 Å². The van der Waals surface area contributed by atoms with E-state index in [-0.39, 0.29) is 12.1 Å². The Labute approximate surface area is 319 Å².